The van der Waals surface area contributed by atoms with E-state index in [2.05, 4.69) is 42.0 Å². The van der Waals surface area contributed by atoms with Gasteiger partial charge in [0.05, 0.1) is 6.04 Å². The van der Waals surface area contributed by atoms with Crippen molar-refractivity contribution in [2.24, 2.45) is 17.3 Å². The number of nitrogens with one attached hydrogen (secondary N) is 1. The Balaban J connectivity index is 0.00000433. The smallest absolute Gasteiger partial charge is 0.550 e. The Labute approximate surface area is 300 Å². The van der Waals surface area contributed by atoms with Gasteiger partial charge in [-0.2, -0.15) is 0 Å². The van der Waals surface area contributed by atoms with Crippen molar-refractivity contribution < 1.29 is 53.7 Å². The summed E-state index contributed by atoms with van der Waals surface area (Å²) in [5.41, 5.74) is 5.41. The summed E-state index contributed by atoms with van der Waals surface area (Å²) in [6, 6.07) is 10.5. The molecule has 6 rings (SSSR count). The van der Waals surface area contributed by atoms with E-state index >= 15 is 0 Å². The van der Waals surface area contributed by atoms with Gasteiger partial charge >= 0.3 is 29.6 Å². The summed E-state index contributed by atoms with van der Waals surface area (Å²) in [5, 5.41) is 24.3. The minimum absolute atomic E-state index is 0. The summed E-state index contributed by atoms with van der Waals surface area (Å²) in [7, 11) is 0. The number of aryl methyl sites for hydroxylation is 1. The van der Waals surface area contributed by atoms with Crippen LogP contribution in [-0.4, -0.2) is 56.5 Å². The molecule has 2 atom stereocenters. The maximum Gasteiger partial charge on any atom is 1.00 e. The first-order valence-electron chi connectivity index (χ1n) is 15.9. The summed E-state index contributed by atoms with van der Waals surface area (Å²) in [6.45, 7) is 8.82. The number of amides is 1. The van der Waals surface area contributed by atoms with Crippen molar-refractivity contribution in [3.63, 3.8) is 0 Å². The Hall–Kier alpha value is -2.96. The number of aromatic nitrogens is 3. The molecule has 4 heterocycles. The first kappa shape index (κ1) is 35.3. The van der Waals surface area contributed by atoms with E-state index in [1.165, 1.54) is 29.2 Å². The van der Waals surface area contributed by atoms with Crippen molar-refractivity contribution in [1.82, 2.24) is 25.2 Å². The van der Waals surface area contributed by atoms with Gasteiger partial charge in [-0.05, 0) is 91.8 Å². The maximum absolute atomic E-state index is 13.9. The number of likely N-dealkylation sites (tertiary alicyclic amines) is 1. The van der Waals surface area contributed by atoms with E-state index < -0.39 is 23.6 Å². The van der Waals surface area contributed by atoms with Gasteiger partial charge in [0.25, 0.3) is 5.91 Å². The van der Waals surface area contributed by atoms with Gasteiger partial charge in [0, 0.05) is 35.9 Å². The second-order valence-electron chi connectivity index (χ2n) is 13.6. The number of halogens is 1. The van der Waals surface area contributed by atoms with Crippen LogP contribution in [-0.2, 0) is 17.6 Å². The molecule has 12 heteroatoms. The van der Waals surface area contributed by atoms with Crippen LogP contribution in [0.4, 0.5) is 4.39 Å². The molecule has 2 N–H and O–H groups in total. The molecule has 0 unspecified atom stereocenters. The number of piperidine rings is 1. The first-order valence-corrected chi connectivity index (χ1v) is 16.7. The quantitative estimate of drug-likeness (QED) is 0.273. The fraction of sp³-hybridized carbons (Fsp3) is 0.457. The molecule has 0 bridgehead atoms. The van der Waals surface area contributed by atoms with Crippen LogP contribution in [0.25, 0.3) is 21.5 Å². The summed E-state index contributed by atoms with van der Waals surface area (Å²) in [5.74, 6) is -2.56. The zero-order valence-electron chi connectivity index (χ0n) is 27.4. The number of aromatic hydroxyl groups is 1. The Morgan fingerprint density at radius 1 is 1.11 bits per heavy atom. The minimum atomic E-state index is -0.992. The molecule has 0 saturated carbocycles. The van der Waals surface area contributed by atoms with Crippen LogP contribution in [0.1, 0.15) is 79.1 Å². The van der Waals surface area contributed by atoms with Crippen molar-refractivity contribution >= 4 is 33.6 Å². The predicted octanol–water partition coefficient (Wildman–Crippen LogP) is 2.08. The average Bonchev–Trinajstić information content (AvgIpc) is 3.46. The number of carboxylic acid groups (broad SMARTS) is 1. The third-order valence-corrected chi connectivity index (χ3v) is 10.6. The fourth-order valence-corrected chi connectivity index (χ4v) is 7.43. The number of aliphatic carboxylic acids is 1. The first-order chi connectivity index (χ1) is 21.9. The summed E-state index contributed by atoms with van der Waals surface area (Å²) >= 11 is 1.30. The molecule has 0 radical (unpaired) electrons. The Morgan fingerprint density at radius 2 is 1.83 bits per heavy atom. The standard InChI is InChI=1S/C35H40FN5O4S.Na/c1-35(2,3)25-8-9-27-23(16-25)18-29-32(39-27)46-33(40-29)31(43)38-28(12-15-41-13-10-22(11-14-41)34(44)45)21-6-4-20(5-7-21)24-17-26(36)30(42)37-19-24;/h4-7,17-19,22,25,28H,8-16H2,1-3H3,(H,37,42)(H,38,43)(H,44,45);/q;+1/p-1/t25-,28+;/m0./s1. The number of hydrogen-bond donors (Lipinski definition) is 2. The van der Waals surface area contributed by atoms with E-state index in [1.807, 2.05) is 24.3 Å². The van der Waals surface area contributed by atoms with Crippen LogP contribution >= 0.6 is 11.3 Å². The van der Waals surface area contributed by atoms with E-state index in [0.717, 1.165) is 46.4 Å². The molecule has 3 aromatic heterocycles. The Morgan fingerprint density at radius 3 is 2.49 bits per heavy atom. The predicted molar refractivity (Wildman–Crippen MR) is 173 cm³/mol. The third kappa shape index (κ3) is 8.20. The van der Waals surface area contributed by atoms with Crippen LogP contribution in [0.15, 0.2) is 42.6 Å². The van der Waals surface area contributed by atoms with Gasteiger partial charge in [0.2, 0.25) is 5.88 Å². The van der Waals surface area contributed by atoms with Crippen molar-refractivity contribution in [2.45, 2.75) is 65.3 Å². The van der Waals surface area contributed by atoms with Gasteiger partial charge < -0.3 is 25.2 Å². The van der Waals surface area contributed by atoms with Gasteiger partial charge in [0.1, 0.15) is 10.3 Å². The zero-order valence-corrected chi connectivity index (χ0v) is 30.2. The summed E-state index contributed by atoms with van der Waals surface area (Å²) in [4.78, 5) is 41.3. The van der Waals surface area contributed by atoms with Crippen LogP contribution in [0.3, 0.4) is 0 Å². The third-order valence-electron chi connectivity index (χ3n) is 9.60. The molecule has 47 heavy (non-hydrogen) atoms. The topological polar surface area (TPSA) is 131 Å². The van der Waals surface area contributed by atoms with Gasteiger partial charge in [0.15, 0.2) is 10.8 Å². The van der Waals surface area contributed by atoms with Gasteiger partial charge in [-0.25, -0.2) is 19.3 Å². The number of hydrogen-bond acceptors (Lipinski definition) is 9. The molecular formula is C35H39FN5NaO4S. The number of fused-ring (bicyclic) bond motifs is 2. The number of thiazole rings is 1. The number of rotatable bonds is 8. The molecule has 1 amide bonds. The molecule has 9 nitrogen and oxygen atoms in total. The van der Waals surface area contributed by atoms with Crippen molar-refractivity contribution in [2.75, 3.05) is 19.6 Å². The van der Waals surface area contributed by atoms with Crippen LogP contribution in [0.2, 0.25) is 0 Å². The molecule has 1 aliphatic heterocycles. The van der Waals surface area contributed by atoms with Crippen molar-refractivity contribution in [1.29, 1.82) is 0 Å². The van der Waals surface area contributed by atoms with E-state index in [1.54, 1.807) is 0 Å². The number of pyridine rings is 2. The second-order valence-corrected chi connectivity index (χ2v) is 14.6. The van der Waals surface area contributed by atoms with E-state index in [-0.39, 0.29) is 46.9 Å². The molecule has 0 spiro atoms. The molecule has 1 saturated heterocycles. The van der Waals surface area contributed by atoms with Crippen LogP contribution in [0.5, 0.6) is 5.88 Å². The molecule has 242 valence electrons. The van der Waals surface area contributed by atoms with Crippen molar-refractivity contribution in [3.05, 3.63) is 70.2 Å². The molecule has 1 aromatic carbocycles. The number of nitrogens with zero attached hydrogens (tertiary/aromatic N) is 4. The minimum Gasteiger partial charge on any atom is -0.550 e. The molecule has 2 aliphatic rings. The number of benzene rings is 1. The molecule has 1 aliphatic carbocycles. The van der Waals surface area contributed by atoms with E-state index in [4.69, 9.17) is 9.97 Å². The van der Waals surface area contributed by atoms with E-state index in [9.17, 15) is 24.2 Å². The number of carboxylic acids is 1. The van der Waals surface area contributed by atoms with Crippen molar-refractivity contribution in [3.8, 4) is 17.0 Å². The molecule has 4 aromatic rings. The average molecular weight is 668 g/mol. The van der Waals surface area contributed by atoms with Gasteiger partial charge in [-0.15, -0.1) is 0 Å². The van der Waals surface area contributed by atoms with Gasteiger partial charge in [-0.1, -0.05) is 56.4 Å². The van der Waals surface area contributed by atoms with Crippen LogP contribution < -0.4 is 40.0 Å². The number of carbonyl (C=O) groups is 2. The largest absolute Gasteiger partial charge is 1.00 e. The Bertz CT molecular complexity index is 1750. The summed E-state index contributed by atoms with van der Waals surface area (Å²) in [6.07, 6.45) is 6.09. The summed E-state index contributed by atoms with van der Waals surface area (Å²) < 4.78 is 13.9. The number of carbonyl (C=O) groups excluding carboxylic acids is 2. The normalized spacial score (nSPS) is 17.9. The second kappa shape index (κ2) is 14.7. The zero-order chi connectivity index (χ0) is 32.6. The molecular weight excluding hydrogens is 628 g/mol. The molecule has 1 fully saturated rings. The van der Waals surface area contributed by atoms with E-state index in [0.29, 0.717) is 55.4 Å². The SMILES string of the molecule is CC(C)(C)[C@H]1CCc2nc3sc(C(=O)N[C@H](CCN4CCC(C(=O)[O-])CC4)c4ccc(-c5cnc(O)c(F)c5)cc4)nc3cc2C1.[Na+]. The Kier molecular flexibility index (Phi) is 11.0. The van der Waals surface area contributed by atoms with Gasteiger partial charge in [-0.3, -0.25) is 4.79 Å². The maximum atomic E-state index is 13.9. The monoisotopic (exact) mass is 667 g/mol. The van der Waals surface area contributed by atoms with Crippen LogP contribution in [0, 0.1) is 23.1 Å². The fourth-order valence-electron chi connectivity index (χ4n) is 6.59.